The zero-order chi connectivity index (χ0) is 12.7. The minimum atomic E-state index is 1.13. The Kier molecular flexibility index (Phi) is 2.12. The van der Waals surface area contributed by atoms with Gasteiger partial charge in [-0.2, -0.15) is 0 Å². The number of aromatic nitrogens is 3. The van der Waals surface area contributed by atoms with Crippen molar-refractivity contribution in [3.8, 4) is 5.69 Å². The van der Waals surface area contributed by atoms with Crippen molar-refractivity contribution in [2.45, 2.75) is 0 Å². The molecule has 0 saturated carbocycles. The molecule has 0 saturated heterocycles. The van der Waals surface area contributed by atoms with E-state index in [1.165, 1.54) is 0 Å². The first kappa shape index (κ1) is 10.3. The minimum absolute atomic E-state index is 1.13. The van der Waals surface area contributed by atoms with Gasteiger partial charge in [0.1, 0.15) is 0 Å². The third-order valence-electron chi connectivity index (χ3n) is 3.38. The number of benzene rings is 1. The van der Waals surface area contributed by atoms with Crippen LogP contribution in [0.5, 0.6) is 0 Å². The molecular weight excluding hydrogens is 234 g/mol. The zero-order valence-electron chi connectivity index (χ0n) is 10.2. The number of nitrogens with zero attached hydrogens (tertiary/aromatic N) is 3. The highest BCUT2D eigenvalue weighted by Gasteiger charge is 2.11. The lowest BCUT2D eigenvalue weighted by Gasteiger charge is -2.06. The van der Waals surface area contributed by atoms with Gasteiger partial charge in [-0.05, 0) is 24.3 Å². The minimum Gasteiger partial charge on any atom is -0.309 e. The summed E-state index contributed by atoms with van der Waals surface area (Å²) in [4.78, 5) is 8.46. The molecule has 0 unspecified atom stereocenters. The van der Waals surface area contributed by atoms with Gasteiger partial charge in [-0.3, -0.25) is 9.97 Å². The fraction of sp³-hybridized carbons (Fsp3) is 0. The second kappa shape index (κ2) is 3.92. The summed E-state index contributed by atoms with van der Waals surface area (Å²) in [6, 6.07) is 14.4. The standard InChI is InChI=1S/C16H11N3/c1-2-4-12(5-3-1)19-15-6-8-17-10-13(15)14-11-18-9-7-16(14)19/h1-11H. The van der Waals surface area contributed by atoms with Gasteiger partial charge in [0, 0.05) is 41.2 Å². The molecule has 1 aromatic carbocycles. The Morgan fingerprint density at radius 1 is 0.684 bits per heavy atom. The van der Waals surface area contributed by atoms with Crippen LogP contribution in [0.15, 0.2) is 67.3 Å². The van der Waals surface area contributed by atoms with Gasteiger partial charge in [-0.25, -0.2) is 0 Å². The van der Waals surface area contributed by atoms with Gasteiger partial charge in [-0.1, -0.05) is 18.2 Å². The van der Waals surface area contributed by atoms with E-state index >= 15 is 0 Å². The molecule has 4 rings (SSSR count). The summed E-state index contributed by atoms with van der Waals surface area (Å²) in [5, 5.41) is 2.27. The molecule has 0 N–H and O–H groups in total. The largest absolute Gasteiger partial charge is 0.309 e. The van der Waals surface area contributed by atoms with Crippen molar-refractivity contribution >= 4 is 21.8 Å². The summed E-state index contributed by atoms with van der Waals surface area (Å²) >= 11 is 0. The van der Waals surface area contributed by atoms with Gasteiger partial charge in [-0.15, -0.1) is 0 Å². The Morgan fingerprint density at radius 2 is 1.26 bits per heavy atom. The first-order valence-corrected chi connectivity index (χ1v) is 6.19. The maximum absolute atomic E-state index is 4.23. The quantitative estimate of drug-likeness (QED) is 0.513. The second-order valence-corrected chi connectivity index (χ2v) is 4.46. The number of hydrogen-bond acceptors (Lipinski definition) is 2. The number of para-hydroxylation sites is 1. The highest BCUT2D eigenvalue weighted by atomic mass is 15.0. The van der Waals surface area contributed by atoms with Gasteiger partial charge < -0.3 is 4.57 Å². The Bertz CT molecular complexity index is 810. The second-order valence-electron chi connectivity index (χ2n) is 4.46. The first-order chi connectivity index (χ1) is 9.45. The highest BCUT2D eigenvalue weighted by molar-refractivity contribution is 6.08. The maximum Gasteiger partial charge on any atom is 0.0572 e. The molecule has 0 atom stereocenters. The van der Waals surface area contributed by atoms with E-state index in [2.05, 4.69) is 38.8 Å². The van der Waals surface area contributed by atoms with Crippen LogP contribution in [0.25, 0.3) is 27.5 Å². The summed E-state index contributed by atoms with van der Waals surface area (Å²) in [5.74, 6) is 0. The third kappa shape index (κ3) is 1.45. The van der Waals surface area contributed by atoms with Crippen molar-refractivity contribution in [1.82, 2.24) is 14.5 Å². The van der Waals surface area contributed by atoms with Crippen molar-refractivity contribution in [2.75, 3.05) is 0 Å². The maximum atomic E-state index is 4.23. The average Bonchev–Trinajstić information content (AvgIpc) is 2.83. The molecule has 0 aliphatic rings. The molecule has 0 aliphatic carbocycles. The van der Waals surface area contributed by atoms with E-state index in [1.807, 2.05) is 43.0 Å². The molecule has 90 valence electrons. The van der Waals surface area contributed by atoms with Gasteiger partial charge >= 0.3 is 0 Å². The number of hydrogen-bond donors (Lipinski definition) is 0. The van der Waals surface area contributed by atoms with Crippen molar-refractivity contribution in [3.05, 3.63) is 67.3 Å². The number of pyridine rings is 2. The van der Waals surface area contributed by atoms with Crippen LogP contribution >= 0.6 is 0 Å². The molecule has 0 amide bonds. The molecule has 3 nitrogen and oxygen atoms in total. The predicted molar refractivity (Wildman–Crippen MR) is 76.4 cm³/mol. The summed E-state index contributed by atoms with van der Waals surface area (Å²) in [6.07, 6.45) is 7.46. The highest BCUT2D eigenvalue weighted by Crippen LogP contribution is 2.30. The van der Waals surface area contributed by atoms with E-state index in [-0.39, 0.29) is 0 Å². The van der Waals surface area contributed by atoms with Gasteiger partial charge in [0.05, 0.1) is 11.0 Å². The molecule has 3 heteroatoms. The SMILES string of the molecule is c1ccc(-n2c3ccncc3c3cnccc32)cc1. The van der Waals surface area contributed by atoms with Crippen LogP contribution in [0.1, 0.15) is 0 Å². The van der Waals surface area contributed by atoms with Crippen LogP contribution in [0, 0.1) is 0 Å². The Hall–Kier alpha value is -2.68. The average molecular weight is 245 g/mol. The van der Waals surface area contributed by atoms with Crippen molar-refractivity contribution in [2.24, 2.45) is 0 Å². The van der Waals surface area contributed by atoms with Crippen LogP contribution in [-0.2, 0) is 0 Å². The third-order valence-corrected chi connectivity index (χ3v) is 3.38. The first-order valence-electron chi connectivity index (χ1n) is 6.19. The lowest BCUT2D eigenvalue weighted by atomic mass is 10.2. The predicted octanol–water partition coefficient (Wildman–Crippen LogP) is 3.57. The Labute approximate surface area is 110 Å². The molecule has 4 aromatic rings. The number of fused-ring (bicyclic) bond motifs is 3. The summed E-state index contributed by atoms with van der Waals surface area (Å²) in [6.45, 7) is 0. The Balaban J connectivity index is 2.24. The molecular formula is C16H11N3. The van der Waals surface area contributed by atoms with E-state index in [0.717, 1.165) is 27.5 Å². The molecule has 0 aliphatic heterocycles. The lowest BCUT2D eigenvalue weighted by Crippen LogP contribution is -1.92. The van der Waals surface area contributed by atoms with Crippen molar-refractivity contribution < 1.29 is 0 Å². The molecule has 0 radical (unpaired) electrons. The fourth-order valence-electron chi connectivity index (χ4n) is 2.56. The molecule has 0 fully saturated rings. The van der Waals surface area contributed by atoms with E-state index in [9.17, 15) is 0 Å². The zero-order valence-corrected chi connectivity index (χ0v) is 10.2. The summed E-state index contributed by atoms with van der Waals surface area (Å²) in [5.41, 5.74) is 3.47. The molecule has 19 heavy (non-hydrogen) atoms. The van der Waals surface area contributed by atoms with Crippen molar-refractivity contribution in [3.63, 3.8) is 0 Å². The van der Waals surface area contributed by atoms with Crippen LogP contribution in [0.2, 0.25) is 0 Å². The Morgan fingerprint density at radius 3 is 1.84 bits per heavy atom. The normalized spacial score (nSPS) is 11.2. The van der Waals surface area contributed by atoms with E-state index in [1.54, 1.807) is 0 Å². The van der Waals surface area contributed by atoms with E-state index in [4.69, 9.17) is 0 Å². The lowest BCUT2D eigenvalue weighted by molar-refractivity contribution is 1.17. The smallest absolute Gasteiger partial charge is 0.0572 e. The van der Waals surface area contributed by atoms with Gasteiger partial charge in [0.15, 0.2) is 0 Å². The van der Waals surface area contributed by atoms with E-state index in [0.29, 0.717) is 0 Å². The van der Waals surface area contributed by atoms with Crippen LogP contribution in [0.4, 0.5) is 0 Å². The molecule has 3 heterocycles. The van der Waals surface area contributed by atoms with Crippen LogP contribution in [-0.4, -0.2) is 14.5 Å². The van der Waals surface area contributed by atoms with Gasteiger partial charge in [0.25, 0.3) is 0 Å². The topological polar surface area (TPSA) is 30.7 Å². The monoisotopic (exact) mass is 245 g/mol. The van der Waals surface area contributed by atoms with E-state index < -0.39 is 0 Å². The molecule has 0 spiro atoms. The number of rotatable bonds is 1. The molecule has 3 aromatic heterocycles. The van der Waals surface area contributed by atoms with Crippen LogP contribution in [0.3, 0.4) is 0 Å². The molecule has 0 bridgehead atoms. The van der Waals surface area contributed by atoms with Gasteiger partial charge in [0.2, 0.25) is 0 Å². The fourth-order valence-corrected chi connectivity index (χ4v) is 2.56. The summed E-state index contributed by atoms with van der Waals surface area (Å²) < 4.78 is 2.24. The summed E-state index contributed by atoms with van der Waals surface area (Å²) in [7, 11) is 0. The van der Waals surface area contributed by atoms with Crippen molar-refractivity contribution in [1.29, 1.82) is 0 Å². The van der Waals surface area contributed by atoms with Crippen LogP contribution < -0.4 is 0 Å².